The third-order valence-electron chi connectivity index (χ3n) is 4.98. The summed E-state index contributed by atoms with van der Waals surface area (Å²) in [6.07, 6.45) is -1.23. The summed E-state index contributed by atoms with van der Waals surface area (Å²) in [6, 6.07) is 4.67. The molecule has 3 N–H and O–H groups in total. The van der Waals surface area contributed by atoms with E-state index in [0.29, 0.717) is 22.8 Å². The number of carbonyl (C=O) groups excluding carboxylic acids is 1. The lowest BCUT2D eigenvalue weighted by molar-refractivity contribution is -0.128. The Kier molecular flexibility index (Phi) is 7.42. The molecule has 0 bridgehead atoms. The van der Waals surface area contributed by atoms with E-state index in [1.54, 1.807) is 26.0 Å². The van der Waals surface area contributed by atoms with Gasteiger partial charge in [0.1, 0.15) is 18.1 Å². The molecule has 1 amide bonds. The number of nitrogens with one attached hydrogen (secondary N) is 2. The van der Waals surface area contributed by atoms with E-state index in [-0.39, 0.29) is 18.0 Å². The van der Waals surface area contributed by atoms with Crippen LogP contribution in [0, 0.1) is 0 Å². The normalized spacial score (nSPS) is 21.6. The van der Waals surface area contributed by atoms with Crippen molar-refractivity contribution < 1.29 is 19.4 Å². The fourth-order valence-electron chi connectivity index (χ4n) is 3.22. The summed E-state index contributed by atoms with van der Waals surface area (Å²) in [5, 5.41) is 13.7. The van der Waals surface area contributed by atoms with Crippen LogP contribution in [0.5, 0.6) is 5.75 Å². The molecule has 1 aliphatic rings. The maximum atomic E-state index is 12.4. The molecular weight excluding hydrogens is 449 g/mol. The van der Waals surface area contributed by atoms with E-state index in [1.807, 2.05) is 0 Å². The van der Waals surface area contributed by atoms with Crippen molar-refractivity contribution in [2.75, 3.05) is 6.54 Å². The number of aromatic nitrogens is 2. The maximum Gasteiger partial charge on any atom is 0.330 e. The molecule has 2 heterocycles. The molecule has 1 aliphatic heterocycles. The quantitative estimate of drug-likeness (QED) is 0.563. The molecule has 31 heavy (non-hydrogen) atoms. The van der Waals surface area contributed by atoms with Crippen LogP contribution in [0.1, 0.15) is 32.1 Å². The Hall–Kier alpha value is -2.33. The average molecular weight is 472 g/mol. The minimum absolute atomic E-state index is 0.0112. The third kappa shape index (κ3) is 5.48. The minimum atomic E-state index is -0.906. The van der Waals surface area contributed by atoms with E-state index < -0.39 is 41.7 Å². The molecule has 1 aromatic carbocycles. The lowest BCUT2D eigenvalue weighted by Gasteiger charge is -2.19. The summed E-state index contributed by atoms with van der Waals surface area (Å²) in [4.78, 5) is 38.5. The molecule has 1 fully saturated rings. The molecule has 2 unspecified atom stereocenters. The van der Waals surface area contributed by atoms with Crippen LogP contribution >= 0.6 is 23.2 Å². The number of H-pyrrole nitrogens is 1. The standard InChI is InChI=1S/C20H23Cl2N3O6/c1-3-11-9-25(20(29)24-19(11)28)17-7-14(26)16(31-17)8-23-18(27)10(2)30-15-5-4-12(21)6-13(15)22/h4-6,9-10,14,16-17,26H,3,7-8H2,1-2H3,(H,23,27)(H,24,28,29)/t10?,14?,16-,17-/m0/s1. The molecule has 4 atom stereocenters. The summed E-state index contributed by atoms with van der Waals surface area (Å²) in [6.45, 7) is 3.36. The highest BCUT2D eigenvalue weighted by atomic mass is 35.5. The molecule has 0 aliphatic carbocycles. The first kappa shape index (κ1) is 23.3. The number of rotatable bonds is 7. The van der Waals surface area contributed by atoms with Gasteiger partial charge in [0.2, 0.25) is 0 Å². The molecule has 1 aromatic heterocycles. The van der Waals surface area contributed by atoms with E-state index in [2.05, 4.69) is 10.3 Å². The lowest BCUT2D eigenvalue weighted by Crippen LogP contribution is -2.42. The summed E-state index contributed by atoms with van der Waals surface area (Å²) < 4.78 is 12.6. The van der Waals surface area contributed by atoms with E-state index in [9.17, 15) is 19.5 Å². The molecule has 0 saturated carbocycles. The number of benzene rings is 1. The zero-order chi connectivity index (χ0) is 22.7. The van der Waals surface area contributed by atoms with Crippen LogP contribution in [0.25, 0.3) is 0 Å². The lowest BCUT2D eigenvalue weighted by atomic mass is 10.1. The van der Waals surface area contributed by atoms with E-state index in [4.69, 9.17) is 32.7 Å². The van der Waals surface area contributed by atoms with E-state index in [0.717, 1.165) is 0 Å². The van der Waals surface area contributed by atoms with Crippen molar-refractivity contribution in [3.05, 3.63) is 60.8 Å². The number of nitrogens with zero attached hydrogens (tertiary/aromatic N) is 1. The molecule has 0 radical (unpaired) electrons. The number of carbonyl (C=O) groups is 1. The topological polar surface area (TPSA) is 123 Å². The Morgan fingerprint density at radius 2 is 2.16 bits per heavy atom. The number of hydrogen-bond donors (Lipinski definition) is 3. The highest BCUT2D eigenvalue weighted by Gasteiger charge is 2.36. The first-order chi connectivity index (χ1) is 14.7. The maximum absolute atomic E-state index is 12.4. The van der Waals surface area contributed by atoms with Gasteiger partial charge in [-0.25, -0.2) is 4.79 Å². The van der Waals surface area contributed by atoms with Crippen LogP contribution in [0.2, 0.25) is 10.0 Å². The number of aryl methyl sites for hydroxylation is 1. The number of amides is 1. The van der Waals surface area contributed by atoms with E-state index in [1.165, 1.54) is 16.8 Å². The van der Waals surface area contributed by atoms with Crippen LogP contribution in [0.4, 0.5) is 0 Å². The Labute approximate surface area is 187 Å². The second kappa shape index (κ2) is 9.86. The van der Waals surface area contributed by atoms with Crippen molar-refractivity contribution in [2.45, 2.75) is 51.2 Å². The number of halogens is 2. The molecule has 9 nitrogen and oxygen atoms in total. The van der Waals surface area contributed by atoms with Crippen molar-refractivity contribution in [1.29, 1.82) is 0 Å². The zero-order valence-corrected chi connectivity index (χ0v) is 18.4. The highest BCUT2D eigenvalue weighted by molar-refractivity contribution is 6.35. The van der Waals surface area contributed by atoms with Gasteiger partial charge in [-0.3, -0.25) is 19.1 Å². The summed E-state index contributed by atoms with van der Waals surface area (Å²) in [7, 11) is 0. The highest BCUT2D eigenvalue weighted by Crippen LogP contribution is 2.29. The Bertz CT molecular complexity index is 1070. The molecule has 0 spiro atoms. The molecule has 11 heteroatoms. The monoisotopic (exact) mass is 471 g/mol. The van der Waals surface area contributed by atoms with Crippen molar-refractivity contribution in [3.8, 4) is 5.75 Å². The van der Waals surface area contributed by atoms with E-state index >= 15 is 0 Å². The van der Waals surface area contributed by atoms with Crippen LogP contribution in [0.3, 0.4) is 0 Å². The fraction of sp³-hybridized carbons (Fsp3) is 0.450. The summed E-state index contributed by atoms with van der Waals surface area (Å²) >= 11 is 11.9. The second-order valence-electron chi connectivity index (χ2n) is 7.19. The van der Waals surface area contributed by atoms with Gasteiger partial charge in [0.25, 0.3) is 11.5 Å². The smallest absolute Gasteiger partial charge is 0.330 e. The first-order valence-corrected chi connectivity index (χ1v) is 10.5. The van der Waals surface area contributed by atoms with Gasteiger partial charge in [-0.15, -0.1) is 0 Å². The van der Waals surface area contributed by atoms with Crippen LogP contribution < -0.4 is 21.3 Å². The van der Waals surface area contributed by atoms with Gasteiger partial charge in [0.15, 0.2) is 6.10 Å². The summed E-state index contributed by atoms with van der Waals surface area (Å²) in [5.41, 5.74) is -0.631. The number of aliphatic hydroxyl groups excluding tert-OH is 1. The number of ether oxygens (including phenoxy) is 2. The minimum Gasteiger partial charge on any atom is -0.479 e. The van der Waals surface area contributed by atoms with Crippen LogP contribution in [-0.4, -0.2) is 45.4 Å². The number of aromatic amines is 1. The second-order valence-corrected chi connectivity index (χ2v) is 8.03. The van der Waals surface area contributed by atoms with Gasteiger partial charge in [0, 0.05) is 29.7 Å². The predicted molar refractivity (Wildman–Crippen MR) is 115 cm³/mol. The predicted octanol–water partition coefficient (Wildman–Crippen LogP) is 1.64. The summed E-state index contributed by atoms with van der Waals surface area (Å²) in [5.74, 6) is -0.116. The van der Waals surface area contributed by atoms with Crippen molar-refractivity contribution in [1.82, 2.24) is 14.9 Å². The number of aliphatic hydroxyl groups is 1. The van der Waals surface area contributed by atoms with Crippen molar-refractivity contribution in [2.24, 2.45) is 0 Å². The first-order valence-electron chi connectivity index (χ1n) is 9.76. The zero-order valence-electron chi connectivity index (χ0n) is 16.9. The molecule has 2 aromatic rings. The molecular formula is C20H23Cl2N3O6. The SMILES string of the molecule is CCc1cn([C@@H]2CC(O)[C@H](CNC(=O)C(C)Oc3ccc(Cl)cc3Cl)O2)c(=O)[nH]c1=O. The third-order valence-corrected chi connectivity index (χ3v) is 5.51. The molecule has 3 rings (SSSR count). The van der Waals surface area contributed by atoms with Crippen LogP contribution in [-0.2, 0) is 16.0 Å². The Morgan fingerprint density at radius 3 is 2.84 bits per heavy atom. The average Bonchev–Trinajstić information content (AvgIpc) is 3.08. The van der Waals surface area contributed by atoms with Gasteiger partial charge in [0.05, 0.1) is 11.1 Å². The van der Waals surface area contributed by atoms with Gasteiger partial charge in [-0.1, -0.05) is 30.1 Å². The Balaban J connectivity index is 1.59. The van der Waals surface area contributed by atoms with Gasteiger partial charge < -0.3 is 19.9 Å². The molecule has 168 valence electrons. The Morgan fingerprint density at radius 1 is 1.42 bits per heavy atom. The van der Waals surface area contributed by atoms with Gasteiger partial charge >= 0.3 is 5.69 Å². The van der Waals surface area contributed by atoms with Crippen LogP contribution in [0.15, 0.2) is 34.0 Å². The van der Waals surface area contributed by atoms with Crippen molar-refractivity contribution in [3.63, 3.8) is 0 Å². The van der Waals surface area contributed by atoms with Gasteiger partial charge in [-0.2, -0.15) is 0 Å². The molecule has 1 saturated heterocycles. The fourth-order valence-corrected chi connectivity index (χ4v) is 3.68. The van der Waals surface area contributed by atoms with Gasteiger partial charge in [-0.05, 0) is 31.5 Å². The largest absolute Gasteiger partial charge is 0.479 e. The number of hydrogen-bond acceptors (Lipinski definition) is 6. The van der Waals surface area contributed by atoms with Crippen molar-refractivity contribution >= 4 is 29.1 Å².